The van der Waals surface area contributed by atoms with Gasteiger partial charge < -0.3 is 0 Å². The maximum Gasteiger partial charge on any atom is 0.0703 e. The average Bonchev–Trinajstić information content (AvgIpc) is 2.92. The molecule has 0 radical (unpaired) electrons. The number of hydrogen-bond acceptors (Lipinski definition) is 1. The third-order valence-electron chi connectivity index (χ3n) is 4.49. The Kier molecular flexibility index (Phi) is 7.71. The largest absolute Gasteiger partial charge is 0.266 e. The van der Waals surface area contributed by atoms with Crippen molar-refractivity contribution in [1.82, 2.24) is 9.78 Å². The number of hydrogen-bond donors (Lipinski definition) is 0. The topological polar surface area (TPSA) is 17.8 Å². The molecule has 0 aliphatic heterocycles. The molecule has 1 aromatic carbocycles. The molecule has 2 nitrogen and oxygen atoms in total. The Morgan fingerprint density at radius 2 is 1.43 bits per heavy atom. The Hall–Kier alpha value is -0.908. The molecular weight excluding hydrogens is 375 g/mol. The third-order valence-corrected chi connectivity index (χ3v) is 4.49. The van der Waals surface area contributed by atoms with Gasteiger partial charge in [0.2, 0.25) is 0 Å². The summed E-state index contributed by atoms with van der Waals surface area (Å²) in [5.41, 5.74) is 8.41. The van der Waals surface area contributed by atoms with Crippen LogP contribution in [0.25, 0.3) is 11.1 Å². The van der Waals surface area contributed by atoms with Crippen LogP contribution in [0.2, 0.25) is 0 Å². The van der Waals surface area contributed by atoms with Crippen molar-refractivity contribution in [3.63, 3.8) is 0 Å². The van der Waals surface area contributed by atoms with Gasteiger partial charge in [0, 0.05) is 37.7 Å². The monoisotopic (exact) mass is 404 g/mol. The normalized spacial score (nSPS) is 10.9. The van der Waals surface area contributed by atoms with Crippen LogP contribution in [0.15, 0.2) is 18.2 Å². The van der Waals surface area contributed by atoms with Crippen LogP contribution in [0.1, 0.15) is 70.1 Å². The summed E-state index contributed by atoms with van der Waals surface area (Å²) in [6.45, 7) is 13.4. The van der Waals surface area contributed by atoms with Gasteiger partial charge in [-0.1, -0.05) is 45.9 Å². The van der Waals surface area contributed by atoms with Gasteiger partial charge in [0.05, 0.1) is 5.69 Å². The Labute approximate surface area is 155 Å². The van der Waals surface area contributed by atoms with Crippen molar-refractivity contribution in [3.8, 4) is 11.1 Å². The maximum absolute atomic E-state index is 4.94. The second-order valence-corrected chi connectivity index (χ2v) is 6.17. The smallest absolute Gasteiger partial charge is 0.0703 e. The van der Waals surface area contributed by atoms with Crippen LogP contribution in [0.5, 0.6) is 0 Å². The van der Waals surface area contributed by atoms with Gasteiger partial charge in [-0.2, -0.15) is 5.10 Å². The number of benzene rings is 1. The molecule has 0 N–H and O–H groups in total. The second kappa shape index (κ2) is 8.81. The molecule has 0 unspecified atom stereocenters. The molecule has 0 aliphatic rings. The van der Waals surface area contributed by atoms with Gasteiger partial charge in [-0.25, -0.2) is 0 Å². The Morgan fingerprint density at radius 1 is 0.870 bits per heavy atom. The molecule has 0 fully saturated rings. The van der Waals surface area contributed by atoms with E-state index in [1.54, 1.807) is 0 Å². The molecule has 0 saturated carbocycles. The summed E-state index contributed by atoms with van der Waals surface area (Å²) in [6, 6.07) is 7.17. The molecular formula is C20H30N2Pd. The predicted molar refractivity (Wildman–Crippen MR) is 95.6 cm³/mol. The van der Waals surface area contributed by atoms with Gasteiger partial charge in [-0.05, 0) is 56.2 Å². The van der Waals surface area contributed by atoms with Crippen molar-refractivity contribution in [1.29, 1.82) is 0 Å². The zero-order valence-corrected chi connectivity index (χ0v) is 16.9. The molecule has 130 valence electrons. The zero-order chi connectivity index (χ0) is 16.3. The first-order chi connectivity index (χ1) is 10.6. The van der Waals surface area contributed by atoms with E-state index in [4.69, 9.17) is 5.10 Å². The molecule has 0 atom stereocenters. The van der Waals surface area contributed by atoms with E-state index in [1.165, 1.54) is 33.6 Å². The molecule has 0 spiro atoms. The standard InChI is InChI=1S/C20H30N2.Pd/c1-7-15-12-11-13-16(8-2)19(15)20-17(9-3)21-22(14(5)6)18(20)10-4;/h11-14H,7-10H2,1-6H3;. The SMILES string of the molecule is CCc1cccc(CC)c1-c1c(CC)nn(C(C)C)c1CC.[Pd]. The van der Waals surface area contributed by atoms with Gasteiger partial charge in [0.15, 0.2) is 0 Å². The van der Waals surface area contributed by atoms with Crippen LogP contribution in [0.3, 0.4) is 0 Å². The van der Waals surface area contributed by atoms with Crippen LogP contribution in [-0.2, 0) is 46.1 Å². The van der Waals surface area contributed by atoms with E-state index in [0.717, 1.165) is 25.7 Å². The summed E-state index contributed by atoms with van der Waals surface area (Å²) < 4.78 is 2.24. The minimum Gasteiger partial charge on any atom is -0.266 e. The number of aryl methyl sites for hydroxylation is 3. The summed E-state index contributed by atoms with van der Waals surface area (Å²) in [4.78, 5) is 0. The molecule has 23 heavy (non-hydrogen) atoms. The summed E-state index contributed by atoms with van der Waals surface area (Å²) >= 11 is 0. The fourth-order valence-corrected chi connectivity index (χ4v) is 3.39. The summed E-state index contributed by atoms with van der Waals surface area (Å²) in [5, 5.41) is 4.94. The van der Waals surface area contributed by atoms with Gasteiger partial charge in [0.25, 0.3) is 0 Å². The van der Waals surface area contributed by atoms with Crippen LogP contribution in [-0.4, -0.2) is 9.78 Å². The van der Waals surface area contributed by atoms with Crippen molar-refractivity contribution in [2.24, 2.45) is 0 Å². The van der Waals surface area contributed by atoms with E-state index in [2.05, 4.69) is 64.4 Å². The van der Waals surface area contributed by atoms with Crippen molar-refractivity contribution in [2.75, 3.05) is 0 Å². The van der Waals surface area contributed by atoms with Gasteiger partial charge >= 0.3 is 0 Å². The number of aromatic nitrogens is 2. The van der Waals surface area contributed by atoms with E-state index in [0.29, 0.717) is 6.04 Å². The van der Waals surface area contributed by atoms with Crippen LogP contribution in [0, 0.1) is 0 Å². The first-order valence-corrected chi connectivity index (χ1v) is 8.80. The Bertz CT molecular complexity index is 619. The average molecular weight is 405 g/mol. The predicted octanol–water partition coefficient (Wildman–Crippen LogP) is 5.38. The molecule has 0 aliphatic carbocycles. The van der Waals surface area contributed by atoms with E-state index >= 15 is 0 Å². The van der Waals surface area contributed by atoms with E-state index in [9.17, 15) is 0 Å². The van der Waals surface area contributed by atoms with Gasteiger partial charge in [0.1, 0.15) is 0 Å². The first-order valence-electron chi connectivity index (χ1n) is 8.80. The fraction of sp³-hybridized carbons (Fsp3) is 0.550. The molecule has 0 bridgehead atoms. The van der Waals surface area contributed by atoms with Crippen molar-refractivity contribution < 1.29 is 20.4 Å². The maximum atomic E-state index is 4.94. The van der Waals surface area contributed by atoms with Crippen molar-refractivity contribution in [3.05, 3.63) is 40.7 Å². The first kappa shape index (κ1) is 20.1. The summed E-state index contributed by atoms with van der Waals surface area (Å²) in [7, 11) is 0. The van der Waals surface area contributed by atoms with Gasteiger partial charge in [-0.3, -0.25) is 4.68 Å². The van der Waals surface area contributed by atoms with E-state index in [1.807, 2.05) is 0 Å². The fourth-order valence-electron chi connectivity index (χ4n) is 3.39. The van der Waals surface area contributed by atoms with Gasteiger partial charge in [-0.15, -0.1) is 0 Å². The molecule has 0 amide bonds. The molecule has 3 heteroatoms. The molecule has 2 aromatic rings. The minimum atomic E-state index is 0. The van der Waals surface area contributed by atoms with Crippen LogP contribution >= 0.6 is 0 Å². The Morgan fingerprint density at radius 3 is 1.83 bits per heavy atom. The zero-order valence-electron chi connectivity index (χ0n) is 15.3. The molecule has 1 heterocycles. The minimum absolute atomic E-state index is 0. The van der Waals surface area contributed by atoms with Crippen molar-refractivity contribution >= 4 is 0 Å². The van der Waals surface area contributed by atoms with E-state index in [-0.39, 0.29) is 20.4 Å². The summed E-state index contributed by atoms with van der Waals surface area (Å²) in [5.74, 6) is 0. The Balaban J connectivity index is 0.00000264. The number of rotatable bonds is 6. The number of nitrogens with zero attached hydrogens (tertiary/aromatic N) is 2. The van der Waals surface area contributed by atoms with Crippen molar-refractivity contribution in [2.45, 2.75) is 73.3 Å². The van der Waals surface area contributed by atoms with Crippen LogP contribution in [0.4, 0.5) is 0 Å². The quantitative estimate of drug-likeness (QED) is 0.591. The second-order valence-electron chi connectivity index (χ2n) is 6.17. The molecule has 2 rings (SSSR count). The summed E-state index contributed by atoms with van der Waals surface area (Å²) in [6.07, 6.45) is 4.16. The third kappa shape index (κ3) is 3.78. The molecule has 1 aromatic heterocycles. The molecule has 0 saturated heterocycles. The van der Waals surface area contributed by atoms with E-state index < -0.39 is 0 Å². The van der Waals surface area contributed by atoms with Crippen LogP contribution < -0.4 is 0 Å².